The molecule has 19 heavy (non-hydrogen) atoms. The Bertz CT molecular complexity index is 453. The molecule has 1 aromatic rings. The number of ether oxygens (including phenoxy) is 1. The van der Waals surface area contributed by atoms with Crippen LogP contribution in [0.4, 0.5) is 0 Å². The van der Waals surface area contributed by atoms with Crippen LogP contribution in [0.3, 0.4) is 0 Å². The van der Waals surface area contributed by atoms with Crippen molar-refractivity contribution in [2.75, 3.05) is 18.6 Å². The van der Waals surface area contributed by atoms with Gasteiger partial charge in [0.05, 0.1) is 4.47 Å². The maximum absolute atomic E-state index is 11.8. The number of amides is 1. The molecule has 1 N–H and O–H groups in total. The van der Waals surface area contributed by atoms with Crippen LogP contribution in [0.1, 0.15) is 13.3 Å². The molecule has 1 rings (SSSR count). The number of carbonyl (C=O) groups excluding carboxylic acids is 1. The molecule has 0 aliphatic carbocycles. The van der Waals surface area contributed by atoms with Crippen molar-refractivity contribution in [2.45, 2.75) is 19.4 Å². The van der Waals surface area contributed by atoms with Gasteiger partial charge in [-0.25, -0.2) is 0 Å². The summed E-state index contributed by atoms with van der Waals surface area (Å²) in [6, 6.07) is 7.39. The molecular formula is C13H18BrNO3S. The monoisotopic (exact) mass is 347 g/mol. The highest BCUT2D eigenvalue weighted by molar-refractivity contribution is 9.10. The number of hydrogen-bond acceptors (Lipinski definition) is 3. The molecule has 0 bridgehead atoms. The van der Waals surface area contributed by atoms with Crippen molar-refractivity contribution in [3.63, 3.8) is 0 Å². The van der Waals surface area contributed by atoms with Crippen molar-refractivity contribution in [3.8, 4) is 5.75 Å². The van der Waals surface area contributed by atoms with Gasteiger partial charge in [0.25, 0.3) is 5.91 Å². The van der Waals surface area contributed by atoms with E-state index in [0.717, 1.165) is 4.47 Å². The lowest BCUT2D eigenvalue weighted by Gasteiger charge is -2.15. The van der Waals surface area contributed by atoms with Crippen molar-refractivity contribution in [3.05, 3.63) is 28.7 Å². The molecule has 0 aliphatic rings. The third-order valence-electron chi connectivity index (χ3n) is 2.42. The lowest BCUT2D eigenvalue weighted by molar-refractivity contribution is -0.127. The first kappa shape index (κ1) is 16.2. The van der Waals surface area contributed by atoms with E-state index in [-0.39, 0.29) is 5.91 Å². The Morgan fingerprint density at radius 2 is 2.16 bits per heavy atom. The van der Waals surface area contributed by atoms with E-state index < -0.39 is 16.9 Å². The largest absolute Gasteiger partial charge is 0.480 e. The number of nitrogens with one attached hydrogen (secondary N) is 1. The summed E-state index contributed by atoms with van der Waals surface area (Å²) in [5.74, 6) is 1.07. The van der Waals surface area contributed by atoms with Gasteiger partial charge < -0.3 is 10.1 Å². The third kappa shape index (κ3) is 6.20. The first-order valence-corrected chi connectivity index (χ1v) is 8.51. The lowest BCUT2D eigenvalue weighted by atomic mass is 10.3. The van der Waals surface area contributed by atoms with Gasteiger partial charge in [0.1, 0.15) is 5.75 Å². The Kier molecular flexibility index (Phi) is 7.09. The number of hydrogen-bond donors (Lipinski definition) is 1. The minimum Gasteiger partial charge on any atom is -0.480 e. The van der Waals surface area contributed by atoms with E-state index in [9.17, 15) is 9.00 Å². The summed E-state index contributed by atoms with van der Waals surface area (Å²) in [6.07, 6.45) is 1.79. The van der Waals surface area contributed by atoms with Gasteiger partial charge in [0.2, 0.25) is 0 Å². The van der Waals surface area contributed by atoms with E-state index in [1.807, 2.05) is 18.2 Å². The summed E-state index contributed by atoms with van der Waals surface area (Å²) < 4.78 is 17.3. The Hall–Kier alpha value is -0.880. The number of benzene rings is 1. The third-order valence-corrected chi connectivity index (χ3v) is 3.94. The van der Waals surface area contributed by atoms with Gasteiger partial charge in [-0.3, -0.25) is 9.00 Å². The Balaban J connectivity index is 2.37. The van der Waals surface area contributed by atoms with Crippen molar-refractivity contribution in [2.24, 2.45) is 0 Å². The second-order valence-corrected chi connectivity index (χ2v) is 6.52. The van der Waals surface area contributed by atoms with Crippen LogP contribution in [-0.4, -0.2) is 34.8 Å². The Morgan fingerprint density at radius 3 is 2.79 bits per heavy atom. The average molecular weight is 348 g/mol. The molecule has 0 aromatic heterocycles. The van der Waals surface area contributed by atoms with Crippen LogP contribution in [0.15, 0.2) is 28.7 Å². The molecule has 106 valence electrons. The van der Waals surface area contributed by atoms with E-state index in [0.29, 0.717) is 24.5 Å². The zero-order chi connectivity index (χ0) is 14.3. The molecule has 0 heterocycles. The maximum Gasteiger partial charge on any atom is 0.260 e. The highest BCUT2D eigenvalue weighted by Gasteiger charge is 2.15. The average Bonchev–Trinajstić information content (AvgIpc) is 2.36. The van der Waals surface area contributed by atoms with Crippen LogP contribution in [0, 0.1) is 0 Å². The highest BCUT2D eigenvalue weighted by atomic mass is 79.9. The van der Waals surface area contributed by atoms with E-state index in [1.54, 1.807) is 19.2 Å². The number of para-hydroxylation sites is 1. The topological polar surface area (TPSA) is 55.4 Å². The second-order valence-electron chi connectivity index (χ2n) is 4.11. The predicted octanol–water partition coefficient (Wildman–Crippen LogP) is 2.10. The molecule has 0 fully saturated rings. The first-order chi connectivity index (χ1) is 9.00. The molecule has 0 radical (unpaired) electrons. The van der Waals surface area contributed by atoms with Gasteiger partial charge in [0.15, 0.2) is 6.10 Å². The van der Waals surface area contributed by atoms with Crippen LogP contribution >= 0.6 is 15.9 Å². The summed E-state index contributed by atoms with van der Waals surface area (Å²) in [6.45, 7) is 2.22. The quantitative estimate of drug-likeness (QED) is 0.768. The fourth-order valence-electron chi connectivity index (χ4n) is 1.42. The lowest BCUT2D eigenvalue weighted by Crippen LogP contribution is -2.37. The number of rotatable bonds is 7. The summed E-state index contributed by atoms with van der Waals surface area (Å²) in [7, 11) is -0.814. The molecule has 0 aliphatic heterocycles. The molecule has 0 saturated heterocycles. The molecule has 0 unspecified atom stereocenters. The number of halogens is 1. The first-order valence-electron chi connectivity index (χ1n) is 5.99. The minimum absolute atomic E-state index is 0.169. The van der Waals surface area contributed by atoms with Crippen molar-refractivity contribution in [1.82, 2.24) is 5.32 Å². The van der Waals surface area contributed by atoms with Crippen molar-refractivity contribution < 1.29 is 13.7 Å². The van der Waals surface area contributed by atoms with Gasteiger partial charge in [-0.1, -0.05) is 12.1 Å². The van der Waals surface area contributed by atoms with Gasteiger partial charge >= 0.3 is 0 Å². The summed E-state index contributed by atoms with van der Waals surface area (Å²) in [4.78, 5) is 11.8. The zero-order valence-electron chi connectivity index (χ0n) is 11.0. The Morgan fingerprint density at radius 1 is 1.47 bits per heavy atom. The van der Waals surface area contributed by atoms with Gasteiger partial charge in [0, 0.05) is 29.4 Å². The molecule has 1 aromatic carbocycles. The molecule has 0 saturated carbocycles. The summed E-state index contributed by atoms with van der Waals surface area (Å²) >= 11 is 3.36. The molecule has 6 heteroatoms. The van der Waals surface area contributed by atoms with Crippen LogP contribution in [0.25, 0.3) is 0 Å². The van der Waals surface area contributed by atoms with Crippen molar-refractivity contribution in [1.29, 1.82) is 0 Å². The SMILES string of the molecule is C[C@@H](Oc1ccccc1Br)C(=O)NCCC[S@](C)=O. The van der Waals surface area contributed by atoms with Gasteiger partial charge in [-0.2, -0.15) is 0 Å². The minimum atomic E-state index is -0.814. The van der Waals surface area contributed by atoms with Crippen LogP contribution in [0.2, 0.25) is 0 Å². The predicted molar refractivity (Wildman–Crippen MR) is 80.8 cm³/mol. The van der Waals surface area contributed by atoms with Crippen LogP contribution < -0.4 is 10.1 Å². The van der Waals surface area contributed by atoms with E-state index in [4.69, 9.17) is 4.74 Å². The maximum atomic E-state index is 11.8. The van der Waals surface area contributed by atoms with Crippen molar-refractivity contribution >= 4 is 32.6 Å². The normalized spacial score (nSPS) is 13.6. The highest BCUT2D eigenvalue weighted by Crippen LogP contribution is 2.24. The summed E-state index contributed by atoms with van der Waals surface area (Å²) in [5, 5.41) is 2.76. The van der Waals surface area contributed by atoms with Gasteiger partial charge in [-0.15, -0.1) is 0 Å². The summed E-state index contributed by atoms with van der Waals surface area (Å²) in [5.41, 5.74) is 0. The van der Waals surface area contributed by atoms with E-state index in [1.165, 1.54) is 0 Å². The smallest absolute Gasteiger partial charge is 0.260 e. The van der Waals surface area contributed by atoms with E-state index in [2.05, 4.69) is 21.2 Å². The molecule has 4 nitrogen and oxygen atoms in total. The van der Waals surface area contributed by atoms with Crippen LogP contribution in [-0.2, 0) is 15.6 Å². The van der Waals surface area contributed by atoms with E-state index >= 15 is 0 Å². The standard InChI is InChI=1S/C13H18BrNO3S/c1-10(13(16)15-8-5-9-19(2)17)18-12-7-4-3-6-11(12)14/h3-4,6-7,10H,5,8-9H2,1-2H3,(H,15,16)/t10-,19+/m1/s1. The molecule has 1 amide bonds. The van der Waals surface area contributed by atoms with Crippen LogP contribution in [0.5, 0.6) is 5.75 Å². The second kappa shape index (κ2) is 8.32. The molecular weight excluding hydrogens is 330 g/mol. The molecule has 2 atom stereocenters. The number of carbonyl (C=O) groups is 1. The fourth-order valence-corrected chi connectivity index (χ4v) is 2.34. The zero-order valence-corrected chi connectivity index (χ0v) is 13.4. The van der Waals surface area contributed by atoms with Gasteiger partial charge in [-0.05, 0) is 41.4 Å². The fraction of sp³-hybridized carbons (Fsp3) is 0.462. The Labute approximate surface area is 124 Å². The molecule has 0 spiro atoms.